The molecule has 0 aliphatic heterocycles. The minimum absolute atomic E-state index is 0.746. The highest BCUT2D eigenvalue weighted by atomic mass is 19.4. The van der Waals surface area contributed by atoms with E-state index < -0.39 is 49.8 Å². The molecule has 0 aromatic rings. The average Bonchev–Trinajstić information content (AvgIpc) is 2.21. The molecule has 2 N–H and O–H groups in total. The van der Waals surface area contributed by atoms with Crippen molar-refractivity contribution in [1.29, 1.82) is 0 Å². The first kappa shape index (κ1) is 15.6. The van der Waals surface area contributed by atoms with E-state index in [1.165, 1.54) is 0 Å². The summed E-state index contributed by atoms with van der Waals surface area (Å²) >= 11 is 0. The van der Waals surface area contributed by atoms with Gasteiger partial charge in [-0.1, -0.05) is 0 Å². The van der Waals surface area contributed by atoms with Gasteiger partial charge >= 0.3 is 18.1 Å². The Morgan fingerprint density at radius 1 is 1.18 bits per heavy atom. The standard InChI is InChI=1S/C8H10F5NO3/c9-2-4(3-10)1-5(6(15)16)14-7(17)8(11,12)13/h4-5H,1-3H2,(H,14,17)(H,15,16). The molecule has 0 heterocycles. The van der Waals surface area contributed by atoms with Crippen molar-refractivity contribution < 1.29 is 36.6 Å². The van der Waals surface area contributed by atoms with E-state index in [1.807, 2.05) is 0 Å². The molecule has 100 valence electrons. The molecule has 0 aliphatic carbocycles. The van der Waals surface area contributed by atoms with Gasteiger partial charge in [-0.3, -0.25) is 13.6 Å². The highest BCUT2D eigenvalue weighted by molar-refractivity contribution is 5.86. The number of carboxylic acids is 1. The van der Waals surface area contributed by atoms with E-state index in [9.17, 15) is 31.5 Å². The van der Waals surface area contributed by atoms with Gasteiger partial charge in [-0.2, -0.15) is 13.2 Å². The van der Waals surface area contributed by atoms with Gasteiger partial charge in [-0.25, -0.2) is 4.79 Å². The molecule has 0 bridgehead atoms. The summed E-state index contributed by atoms with van der Waals surface area (Å²) in [7, 11) is 0. The minimum atomic E-state index is -5.24. The number of alkyl halides is 5. The second kappa shape index (κ2) is 6.36. The van der Waals surface area contributed by atoms with E-state index in [-0.39, 0.29) is 0 Å². The number of amides is 1. The Labute approximate surface area is 92.8 Å². The molecule has 0 saturated heterocycles. The van der Waals surface area contributed by atoms with Crippen molar-refractivity contribution in [2.45, 2.75) is 18.6 Å². The number of carboxylic acid groups (broad SMARTS) is 1. The van der Waals surface area contributed by atoms with E-state index >= 15 is 0 Å². The summed E-state index contributed by atoms with van der Waals surface area (Å²) in [6.07, 6.45) is -5.99. The van der Waals surface area contributed by atoms with Crippen molar-refractivity contribution in [3.05, 3.63) is 0 Å². The quantitative estimate of drug-likeness (QED) is 0.704. The molecule has 17 heavy (non-hydrogen) atoms. The summed E-state index contributed by atoms with van der Waals surface area (Å²) in [5.41, 5.74) is 0. The highest BCUT2D eigenvalue weighted by Crippen LogP contribution is 2.16. The molecular formula is C8H10F5NO3. The molecule has 1 unspecified atom stereocenters. The summed E-state index contributed by atoms with van der Waals surface area (Å²) in [6, 6.07) is -1.97. The minimum Gasteiger partial charge on any atom is -0.480 e. The van der Waals surface area contributed by atoms with Gasteiger partial charge in [0.05, 0.1) is 13.3 Å². The molecule has 4 nitrogen and oxygen atoms in total. The molecular weight excluding hydrogens is 253 g/mol. The van der Waals surface area contributed by atoms with Crippen LogP contribution in [0.1, 0.15) is 6.42 Å². The highest BCUT2D eigenvalue weighted by Gasteiger charge is 2.41. The summed E-state index contributed by atoms with van der Waals surface area (Å²) in [6.45, 7) is -2.44. The van der Waals surface area contributed by atoms with Crippen molar-refractivity contribution in [3.63, 3.8) is 0 Å². The Hall–Kier alpha value is -1.41. The summed E-state index contributed by atoms with van der Waals surface area (Å²) in [5, 5.41) is 9.66. The van der Waals surface area contributed by atoms with Crippen LogP contribution >= 0.6 is 0 Å². The zero-order chi connectivity index (χ0) is 13.6. The Morgan fingerprint density at radius 2 is 1.65 bits per heavy atom. The molecule has 0 saturated carbocycles. The van der Waals surface area contributed by atoms with Gasteiger partial charge in [0.25, 0.3) is 0 Å². The third-order valence-electron chi connectivity index (χ3n) is 1.87. The van der Waals surface area contributed by atoms with Gasteiger partial charge in [0.1, 0.15) is 6.04 Å². The molecule has 0 aromatic carbocycles. The topological polar surface area (TPSA) is 66.4 Å². The number of aliphatic carboxylic acids is 1. The smallest absolute Gasteiger partial charge is 0.471 e. The second-order valence-electron chi connectivity index (χ2n) is 3.27. The monoisotopic (exact) mass is 263 g/mol. The van der Waals surface area contributed by atoms with E-state index in [2.05, 4.69) is 0 Å². The van der Waals surface area contributed by atoms with Crippen molar-refractivity contribution >= 4 is 11.9 Å². The number of nitrogens with one attached hydrogen (secondary N) is 1. The van der Waals surface area contributed by atoms with E-state index in [4.69, 9.17) is 5.11 Å². The summed E-state index contributed by atoms with van der Waals surface area (Å²) < 4.78 is 59.6. The van der Waals surface area contributed by atoms with Crippen molar-refractivity contribution in [2.24, 2.45) is 5.92 Å². The second-order valence-corrected chi connectivity index (χ2v) is 3.27. The van der Waals surface area contributed by atoms with Crippen molar-refractivity contribution in [1.82, 2.24) is 5.32 Å². The van der Waals surface area contributed by atoms with Gasteiger partial charge in [-0.15, -0.1) is 0 Å². The van der Waals surface area contributed by atoms with Crippen LogP contribution in [-0.4, -0.2) is 42.6 Å². The third kappa shape index (κ3) is 5.45. The van der Waals surface area contributed by atoms with Crippen LogP contribution in [0.5, 0.6) is 0 Å². The number of rotatable bonds is 6. The molecule has 0 fully saturated rings. The van der Waals surface area contributed by atoms with Gasteiger partial charge in [-0.05, 0) is 6.42 Å². The van der Waals surface area contributed by atoms with Crippen LogP contribution in [0.25, 0.3) is 0 Å². The fourth-order valence-electron chi connectivity index (χ4n) is 0.962. The maximum absolute atomic E-state index is 12.1. The molecule has 9 heteroatoms. The molecule has 0 rings (SSSR count). The SMILES string of the molecule is O=C(O)C(CC(CF)CF)NC(=O)C(F)(F)F. The summed E-state index contributed by atoms with van der Waals surface area (Å²) in [5.74, 6) is -5.60. The number of halogens is 5. The van der Waals surface area contributed by atoms with E-state index in [0.717, 1.165) is 5.32 Å². The van der Waals surface area contributed by atoms with Crippen LogP contribution in [0.2, 0.25) is 0 Å². The number of carbonyl (C=O) groups is 2. The average molecular weight is 263 g/mol. The lowest BCUT2D eigenvalue weighted by atomic mass is 10.0. The van der Waals surface area contributed by atoms with Gasteiger partial charge in [0.2, 0.25) is 0 Å². The fraction of sp³-hybridized carbons (Fsp3) is 0.750. The number of hydrogen-bond acceptors (Lipinski definition) is 2. The summed E-state index contributed by atoms with van der Waals surface area (Å²) in [4.78, 5) is 21.0. The lowest BCUT2D eigenvalue weighted by Crippen LogP contribution is -2.47. The maximum atomic E-state index is 12.1. The van der Waals surface area contributed by atoms with Crippen LogP contribution in [0.15, 0.2) is 0 Å². The van der Waals surface area contributed by atoms with Gasteiger partial charge in [0, 0.05) is 5.92 Å². The van der Waals surface area contributed by atoms with Crippen molar-refractivity contribution in [3.8, 4) is 0 Å². The largest absolute Gasteiger partial charge is 0.480 e. The van der Waals surface area contributed by atoms with E-state index in [1.54, 1.807) is 0 Å². The zero-order valence-electron chi connectivity index (χ0n) is 8.43. The fourth-order valence-corrected chi connectivity index (χ4v) is 0.962. The first-order valence-corrected chi connectivity index (χ1v) is 4.44. The third-order valence-corrected chi connectivity index (χ3v) is 1.87. The van der Waals surface area contributed by atoms with Crippen molar-refractivity contribution in [2.75, 3.05) is 13.3 Å². The van der Waals surface area contributed by atoms with Crippen LogP contribution in [0.4, 0.5) is 22.0 Å². The molecule has 0 spiro atoms. The van der Waals surface area contributed by atoms with Crippen LogP contribution in [0, 0.1) is 5.92 Å². The Kier molecular flexibility index (Phi) is 5.83. The Morgan fingerprint density at radius 3 is 1.94 bits per heavy atom. The predicted molar refractivity (Wildman–Crippen MR) is 45.7 cm³/mol. The first-order chi connectivity index (χ1) is 7.72. The Bertz CT molecular complexity index is 277. The van der Waals surface area contributed by atoms with Gasteiger partial charge < -0.3 is 10.4 Å². The lowest BCUT2D eigenvalue weighted by Gasteiger charge is -2.18. The molecule has 1 atom stereocenters. The predicted octanol–water partition coefficient (Wildman–Crippen LogP) is 1.06. The van der Waals surface area contributed by atoms with Crippen LogP contribution in [-0.2, 0) is 9.59 Å². The number of carbonyl (C=O) groups excluding carboxylic acids is 1. The molecule has 0 aliphatic rings. The lowest BCUT2D eigenvalue weighted by molar-refractivity contribution is -0.175. The van der Waals surface area contributed by atoms with Crippen LogP contribution in [0.3, 0.4) is 0 Å². The first-order valence-electron chi connectivity index (χ1n) is 4.44. The number of hydrogen-bond donors (Lipinski definition) is 2. The molecule has 0 radical (unpaired) electrons. The molecule has 0 aromatic heterocycles. The molecule has 1 amide bonds. The Balaban J connectivity index is 4.55. The normalized spacial score (nSPS) is 13.5. The maximum Gasteiger partial charge on any atom is 0.471 e. The zero-order valence-corrected chi connectivity index (χ0v) is 8.43. The van der Waals surface area contributed by atoms with Crippen LogP contribution < -0.4 is 5.32 Å². The van der Waals surface area contributed by atoms with Gasteiger partial charge in [0.15, 0.2) is 0 Å². The van der Waals surface area contributed by atoms with E-state index in [0.29, 0.717) is 0 Å².